The number of halogens is 1. The molecule has 0 radical (unpaired) electrons. The van der Waals surface area contributed by atoms with Crippen LogP contribution in [0.3, 0.4) is 0 Å². The van der Waals surface area contributed by atoms with E-state index < -0.39 is 0 Å². The lowest BCUT2D eigenvalue weighted by molar-refractivity contribution is -0.135. The molecule has 1 unspecified atom stereocenters. The van der Waals surface area contributed by atoms with Crippen LogP contribution < -0.4 is 0 Å². The highest BCUT2D eigenvalue weighted by atomic mass is 19.1. The Kier molecular flexibility index (Phi) is 6.30. The molecule has 2 heterocycles. The number of carbonyl (C=O) groups is 3. The van der Waals surface area contributed by atoms with E-state index >= 15 is 0 Å². The lowest BCUT2D eigenvalue weighted by Gasteiger charge is -2.24. The molecule has 7 heteroatoms. The number of amides is 3. The third kappa shape index (κ3) is 4.93. The van der Waals surface area contributed by atoms with Crippen LogP contribution in [0, 0.1) is 11.7 Å². The van der Waals surface area contributed by atoms with Gasteiger partial charge in [0.15, 0.2) is 0 Å². The van der Waals surface area contributed by atoms with Crippen LogP contribution in [0.25, 0.3) is 0 Å². The highest BCUT2D eigenvalue weighted by molar-refractivity contribution is 5.94. The normalized spacial score (nSPS) is 19.5. The molecule has 2 aliphatic rings. The van der Waals surface area contributed by atoms with Crippen LogP contribution in [0.1, 0.15) is 28.8 Å². The zero-order valence-electron chi connectivity index (χ0n) is 17.4. The molecular formula is C24H26FN3O3. The van der Waals surface area contributed by atoms with Crippen molar-refractivity contribution in [2.24, 2.45) is 5.92 Å². The number of benzene rings is 2. The summed E-state index contributed by atoms with van der Waals surface area (Å²) in [4.78, 5) is 43.5. The summed E-state index contributed by atoms with van der Waals surface area (Å²) >= 11 is 0. The molecule has 2 aliphatic heterocycles. The summed E-state index contributed by atoms with van der Waals surface area (Å²) in [5.74, 6) is -0.878. The van der Waals surface area contributed by atoms with E-state index in [0.29, 0.717) is 51.3 Å². The maximum atomic E-state index is 13.1. The first-order chi connectivity index (χ1) is 15.0. The Morgan fingerprint density at radius 1 is 0.903 bits per heavy atom. The molecule has 3 amide bonds. The van der Waals surface area contributed by atoms with Gasteiger partial charge in [-0.05, 0) is 36.2 Å². The summed E-state index contributed by atoms with van der Waals surface area (Å²) in [5, 5.41) is 0. The second kappa shape index (κ2) is 9.29. The second-order valence-corrected chi connectivity index (χ2v) is 8.14. The molecule has 162 valence electrons. The Morgan fingerprint density at radius 2 is 1.58 bits per heavy atom. The molecule has 2 saturated heterocycles. The largest absolute Gasteiger partial charge is 0.341 e. The first-order valence-electron chi connectivity index (χ1n) is 10.7. The molecule has 4 rings (SSSR count). The van der Waals surface area contributed by atoms with Gasteiger partial charge in [0.25, 0.3) is 5.91 Å². The SMILES string of the molecule is O=C1CC(C(=O)N2CCCN(C(=O)c3ccc(F)cc3)CC2)CN1Cc1ccccc1. The molecule has 6 nitrogen and oxygen atoms in total. The maximum Gasteiger partial charge on any atom is 0.253 e. The number of hydrogen-bond donors (Lipinski definition) is 0. The van der Waals surface area contributed by atoms with E-state index in [-0.39, 0.29) is 35.9 Å². The minimum Gasteiger partial charge on any atom is -0.341 e. The van der Waals surface area contributed by atoms with Crippen LogP contribution in [-0.4, -0.2) is 65.1 Å². The predicted molar refractivity (Wildman–Crippen MR) is 113 cm³/mol. The van der Waals surface area contributed by atoms with Crippen molar-refractivity contribution in [2.75, 3.05) is 32.7 Å². The molecule has 2 aromatic rings. The summed E-state index contributed by atoms with van der Waals surface area (Å²) < 4.78 is 13.1. The van der Waals surface area contributed by atoms with E-state index in [1.165, 1.54) is 24.3 Å². The molecule has 0 spiro atoms. The third-order valence-electron chi connectivity index (χ3n) is 5.97. The van der Waals surface area contributed by atoms with Gasteiger partial charge < -0.3 is 14.7 Å². The zero-order chi connectivity index (χ0) is 21.8. The summed E-state index contributed by atoms with van der Waals surface area (Å²) in [6.07, 6.45) is 0.910. The second-order valence-electron chi connectivity index (χ2n) is 8.14. The molecule has 0 bridgehead atoms. The van der Waals surface area contributed by atoms with E-state index in [0.717, 1.165) is 5.56 Å². The van der Waals surface area contributed by atoms with E-state index in [9.17, 15) is 18.8 Å². The fourth-order valence-corrected chi connectivity index (χ4v) is 4.27. The Morgan fingerprint density at radius 3 is 2.32 bits per heavy atom. The summed E-state index contributed by atoms with van der Waals surface area (Å²) in [6.45, 7) is 2.93. The van der Waals surface area contributed by atoms with Gasteiger partial charge in [0, 0.05) is 51.3 Å². The third-order valence-corrected chi connectivity index (χ3v) is 5.97. The Bertz CT molecular complexity index is 948. The smallest absolute Gasteiger partial charge is 0.253 e. The number of hydrogen-bond acceptors (Lipinski definition) is 3. The zero-order valence-corrected chi connectivity index (χ0v) is 17.4. The van der Waals surface area contributed by atoms with Gasteiger partial charge in [0.2, 0.25) is 11.8 Å². The van der Waals surface area contributed by atoms with Gasteiger partial charge in [-0.2, -0.15) is 0 Å². The van der Waals surface area contributed by atoms with Crippen LogP contribution in [0.5, 0.6) is 0 Å². The fraction of sp³-hybridized carbons (Fsp3) is 0.375. The molecule has 2 aromatic carbocycles. The molecule has 0 aromatic heterocycles. The average Bonchev–Trinajstić information content (AvgIpc) is 2.99. The van der Waals surface area contributed by atoms with E-state index in [1.807, 2.05) is 30.3 Å². The number of carbonyl (C=O) groups excluding carboxylic acids is 3. The highest BCUT2D eigenvalue weighted by Crippen LogP contribution is 2.23. The van der Waals surface area contributed by atoms with E-state index in [1.54, 1.807) is 14.7 Å². The van der Waals surface area contributed by atoms with Crippen molar-refractivity contribution in [3.8, 4) is 0 Å². The minimum atomic E-state index is -0.378. The van der Waals surface area contributed by atoms with Crippen LogP contribution in [0.2, 0.25) is 0 Å². The van der Waals surface area contributed by atoms with Crippen LogP contribution in [-0.2, 0) is 16.1 Å². The quantitative estimate of drug-likeness (QED) is 0.759. The Labute approximate surface area is 181 Å². The average molecular weight is 423 g/mol. The molecule has 2 fully saturated rings. The lowest BCUT2D eigenvalue weighted by Crippen LogP contribution is -2.40. The van der Waals surface area contributed by atoms with Gasteiger partial charge in [-0.15, -0.1) is 0 Å². The molecule has 1 atom stereocenters. The molecule has 0 aliphatic carbocycles. The summed E-state index contributed by atoms with van der Waals surface area (Å²) in [5.41, 5.74) is 1.49. The van der Waals surface area contributed by atoms with Crippen molar-refractivity contribution in [1.29, 1.82) is 0 Å². The fourth-order valence-electron chi connectivity index (χ4n) is 4.27. The van der Waals surface area contributed by atoms with E-state index in [4.69, 9.17) is 0 Å². The minimum absolute atomic E-state index is 0.00476. The summed E-state index contributed by atoms with van der Waals surface area (Å²) in [7, 11) is 0. The van der Waals surface area contributed by atoms with Crippen molar-refractivity contribution in [2.45, 2.75) is 19.4 Å². The van der Waals surface area contributed by atoms with Gasteiger partial charge >= 0.3 is 0 Å². The van der Waals surface area contributed by atoms with Crippen molar-refractivity contribution in [3.63, 3.8) is 0 Å². The number of nitrogens with zero attached hydrogens (tertiary/aromatic N) is 3. The Hall–Kier alpha value is -3.22. The Balaban J connectivity index is 1.34. The molecule has 0 N–H and O–H groups in total. The molecule has 31 heavy (non-hydrogen) atoms. The molecular weight excluding hydrogens is 397 g/mol. The monoisotopic (exact) mass is 423 g/mol. The standard InChI is InChI=1S/C24H26FN3O3/c25-21-9-7-19(8-10-21)23(30)26-11-4-12-27(14-13-26)24(31)20-15-22(29)28(17-20)16-18-5-2-1-3-6-18/h1-3,5-10,20H,4,11-17H2. The van der Waals surface area contributed by atoms with Gasteiger partial charge in [-0.25, -0.2) is 4.39 Å². The van der Waals surface area contributed by atoms with Gasteiger partial charge in [-0.3, -0.25) is 14.4 Å². The van der Waals surface area contributed by atoms with Crippen molar-refractivity contribution < 1.29 is 18.8 Å². The maximum absolute atomic E-state index is 13.1. The van der Waals surface area contributed by atoms with Crippen LogP contribution in [0.15, 0.2) is 54.6 Å². The van der Waals surface area contributed by atoms with Crippen molar-refractivity contribution in [3.05, 3.63) is 71.5 Å². The lowest BCUT2D eigenvalue weighted by atomic mass is 10.1. The van der Waals surface area contributed by atoms with Gasteiger partial charge in [-0.1, -0.05) is 30.3 Å². The first-order valence-corrected chi connectivity index (χ1v) is 10.7. The number of rotatable bonds is 4. The van der Waals surface area contributed by atoms with Crippen LogP contribution in [0.4, 0.5) is 4.39 Å². The predicted octanol–water partition coefficient (Wildman–Crippen LogP) is 2.55. The van der Waals surface area contributed by atoms with Gasteiger partial charge in [0.05, 0.1) is 5.92 Å². The topological polar surface area (TPSA) is 60.9 Å². The number of likely N-dealkylation sites (tertiary alicyclic amines) is 1. The first kappa shape index (κ1) is 21.0. The highest BCUT2D eigenvalue weighted by Gasteiger charge is 2.37. The van der Waals surface area contributed by atoms with E-state index in [2.05, 4.69) is 0 Å². The van der Waals surface area contributed by atoms with Gasteiger partial charge in [0.1, 0.15) is 5.82 Å². The van der Waals surface area contributed by atoms with Crippen molar-refractivity contribution >= 4 is 17.7 Å². The molecule has 0 saturated carbocycles. The van der Waals surface area contributed by atoms with Crippen molar-refractivity contribution in [1.82, 2.24) is 14.7 Å². The van der Waals surface area contributed by atoms with Crippen LogP contribution >= 0.6 is 0 Å². The summed E-state index contributed by atoms with van der Waals surface area (Å²) in [6, 6.07) is 15.3.